The van der Waals surface area contributed by atoms with Gasteiger partial charge in [0.05, 0.1) is 0 Å². The van der Waals surface area contributed by atoms with Crippen LogP contribution in [0.5, 0.6) is 0 Å². The van der Waals surface area contributed by atoms with Crippen molar-refractivity contribution in [3.63, 3.8) is 0 Å². The smallest absolute Gasteiger partial charge is 0.283 e. The van der Waals surface area contributed by atoms with Gasteiger partial charge in [0.25, 0.3) is 5.24 Å². The van der Waals surface area contributed by atoms with Gasteiger partial charge in [-0.15, -0.1) is 0 Å². The number of hydrogen-bond acceptors (Lipinski definition) is 2. The Bertz CT molecular complexity index is 508. The highest BCUT2D eigenvalue weighted by atomic mass is 32.2. The lowest BCUT2D eigenvalue weighted by Crippen LogP contribution is -2.04. The van der Waals surface area contributed by atoms with Gasteiger partial charge < -0.3 is 5.32 Å². The summed E-state index contributed by atoms with van der Waals surface area (Å²) in [4.78, 5) is 11.7. The van der Waals surface area contributed by atoms with Crippen LogP contribution in [0.3, 0.4) is 0 Å². The molecule has 0 aliphatic carbocycles. The van der Waals surface area contributed by atoms with Crippen molar-refractivity contribution < 1.29 is 4.79 Å². The van der Waals surface area contributed by atoms with Crippen molar-refractivity contribution >= 4 is 22.7 Å². The van der Waals surface area contributed by atoms with E-state index in [-0.39, 0.29) is 5.24 Å². The molecule has 2 nitrogen and oxygen atoms in total. The second-order valence-corrected chi connectivity index (χ2v) is 5.00. The Balaban J connectivity index is 1.83. The first-order valence-corrected chi connectivity index (χ1v) is 6.77. The van der Waals surface area contributed by atoms with Gasteiger partial charge in [-0.2, -0.15) is 0 Å². The second kappa shape index (κ2) is 6.26. The van der Waals surface area contributed by atoms with Crippen LogP contribution < -0.4 is 5.32 Å². The molecule has 0 bridgehead atoms. The summed E-state index contributed by atoms with van der Waals surface area (Å²) in [5, 5.41) is 2.82. The normalized spacial score (nSPS) is 10.1. The second-order valence-electron chi connectivity index (χ2n) is 4.05. The lowest BCUT2D eigenvalue weighted by molar-refractivity contribution is 0.269. The minimum absolute atomic E-state index is 0.0261. The quantitative estimate of drug-likeness (QED) is 0.879. The summed E-state index contributed by atoms with van der Waals surface area (Å²) < 4.78 is 0. The molecule has 1 N–H and O–H groups in total. The number of rotatable bonds is 3. The molecule has 18 heavy (non-hydrogen) atoms. The van der Waals surface area contributed by atoms with Crippen LogP contribution in [0.4, 0.5) is 10.5 Å². The molecule has 2 aromatic rings. The number of amides is 1. The van der Waals surface area contributed by atoms with Gasteiger partial charge in [-0.1, -0.05) is 59.8 Å². The standard InChI is InChI=1S/C15H15NOS/c1-12-7-9-13(10-8-12)11-18-15(17)16-14-5-3-2-4-6-14/h2-10H,11H2,1H3,(H,16,17). The monoisotopic (exact) mass is 257 g/mol. The van der Waals surface area contributed by atoms with E-state index in [9.17, 15) is 4.79 Å². The molecule has 0 unspecified atom stereocenters. The van der Waals surface area contributed by atoms with Crippen molar-refractivity contribution in [1.29, 1.82) is 0 Å². The number of anilines is 1. The van der Waals surface area contributed by atoms with E-state index in [1.54, 1.807) is 0 Å². The Morgan fingerprint density at radius 1 is 1.06 bits per heavy atom. The van der Waals surface area contributed by atoms with Crippen molar-refractivity contribution in [2.45, 2.75) is 12.7 Å². The zero-order chi connectivity index (χ0) is 12.8. The van der Waals surface area contributed by atoms with Crippen molar-refractivity contribution in [1.82, 2.24) is 0 Å². The molecule has 92 valence electrons. The highest BCUT2D eigenvalue weighted by Crippen LogP contribution is 2.16. The predicted molar refractivity (Wildman–Crippen MR) is 77.9 cm³/mol. The fourth-order valence-corrected chi connectivity index (χ4v) is 2.19. The Kier molecular flexibility index (Phi) is 4.42. The molecule has 0 saturated heterocycles. The maximum atomic E-state index is 11.7. The third-order valence-electron chi connectivity index (χ3n) is 2.51. The van der Waals surface area contributed by atoms with E-state index < -0.39 is 0 Å². The molecule has 1 amide bonds. The fraction of sp³-hybridized carbons (Fsp3) is 0.133. The summed E-state index contributed by atoms with van der Waals surface area (Å²) in [5.41, 5.74) is 3.23. The summed E-state index contributed by atoms with van der Waals surface area (Å²) in [6, 6.07) is 17.7. The molecule has 0 spiro atoms. The minimum Gasteiger partial charge on any atom is -0.317 e. The highest BCUT2D eigenvalue weighted by Gasteiger charge is 2.03. The van der Waals surface area contributed by atoms with Gasteiger partial charge in [-0.3, -0.25) is 4.79 Å². The van der Waals surface area contributed by atoms with E-state index in [2.05, 4.69) is 36.5 Å². The zero-order valence-corrected chi connectivity index (χ0v) is 11.0. The number of benzene rings is 2. The third kappa shape index (κ3) is 3.93. The number of thioether (sulfide) groups is 1. The molecule has 0 aliphatic rings. The van der Waals surface area contributed by atoms with E-state index in [0.29, 0.717) is 5.75 Å². The molecule has 0 aliphatic heterocycles. The molecular weight excluding hydrogens is 242 g/mol. The SMILES string of the molecule is Cc1ccc(CSC(=O)Nc2ccccc2)cc1. The molecule has 0 aromatic heterocycles. The first-order valence-electron chi connectivity index (χ1n) is 5.78. The molecule has 0 saturated carbocycles. The highest BCUT2D eigenvalue weighted by molar-refractivity contribution is 8.13. The van der Waals surface area contributed by atoms with Crippen molar-refractivity contribution in [3.8, 4) is 0 Å². The van der Waals surface area contributed by atoms with E-state index in [1.807, 2.05) is 30.3 Å². The Morgan fingerprint density at radius 2 is 1.72 bits per heavy atom. The van der Waals surface area contributed by atoms with Crippen LogP contribution >= 0.6 is 11.8 Å². The Morgan fingerprint density at radius 3 is 2.39 bits per heavy atom. The number of carbonyl (C=O) groups excluding carboxylic acids is 1. The van der Waals surface area contributed by atoms with E-state index in [4.69, 9.17) is 0 Å². The van der Waals surface area contributed by atoms with E-state index in [1.165, 1.54) is 17.3 Å². The number of nitrogens with one attached hydrogen (secondary N) is 1. The van der Waals surface area contributed by atoms with Crippen LogP contribution in [0.25, 0.3) is 0 Å². The topological polar surface area (TPSA) is 29.1 Å². The van der Waals surface area contributed by atoms with Gasteiger partial charge in [0, 0.05) is 11.4 Å². The average molecular weight is 257 g/mol. The summed E-state index contributed by atoms with van der Waals surface area (Å²) in [7, 11) is 0. The predicted octanol–water partition coefficient (Wildman–Crippen LogP) is 4.46. The van der Waals surface area contributed by atoms with Crippen molar-refractivity contribution in [2.24, 2.45) is 0 Å². The van der Waals surface area contributed by atoms with Crippen molar-refractivity contribution in [2.75, 3.05) is 5.32 Å². The number of carbonyl (C=O) groups is 1. The van der Waals surface area contributed by atoms with Gasteiger partial charge in [0.1, 0.15) is 0 Å². The number of aryl methyl sites for hydroxylation is 1. The summed E-state index contributed by atoms with van der Waals surface area (Å²) in [6.45, 7) is 2.05. The van der Waals surface area contributed by atoms with Crippen LogP contribution in [0, 0.1) is 6.92 Å². The molecule has 0 heterocycles. The third-order valence-corrected chi connectivity index (χ3v) is 3.35. The molecule has 2 rings (SSSR count). The van der Waals surface area contributed by atoms with Gasteiger partial charge in [-0.05, 0) is 24.6 Å². The van der Waals surface area contributed by atoms with Crippen LogP contribution in [0.2, 0.25) is 0 Å². The summed E-state index contributed by atoms with van der Waals surface area (Å²) in [6.07, 6.45) is 0. The lowest BCUT2D eigenvalue weighted by atomic mass is 10.2. The van der Waals surface area contributed by atoms with Gasteiger partial charge in [0.2, 0.25) is 0 Å². The van der Waals surface area contributed by atoms with Crippen LogP contribution in [-0.4, -0.2) is 5.24 Å². The number of para-hydroxylation sites is 1. The molecule has 0 atom stereocenters. The first kappa shape index (κ1) is 12.7. The maximum absolute atomic E-state index is 11.7. The number of hydrogen-bond donors (Lipinski definition) is 1. The zero-order valence-electron chi connectivity index (χ0n) is 10.2. The molecular formula is C15H15NOS. The van der Waals surface area contributed by atoms with E-state index >= 15 is 0 Å². The Labute approximate surface area is 111 Å². The first-order chi connectivity index (χ1) is 8.74. The maximum Gasteiger partial charge on any atom is 0.283 e. The molecule has 0 radical (unpaired) electrons. The van der Waals surface area contributed by atoms with Crippen LogP contribution in [0.1, 0.15) is 11.1 Å². The Hall–Kier alpha value is -1.74. The van der Waals surface area contributed by atoms with E-state index in [0.717, 1.165) is 11.3 Å². The molecule has 2 aromatic carbocycles. The summed E-state index contributed by atoms with van der Waals surface area (Å²) in [5.74, 6) is 0.693. The molecule has 3 heteroatoms. The lowest BCUT2D eigenvalue weighted by Gasteiger charge is -2.04. The largest absolute Gasteiger partial charge is 0.317 e. The van der Waals surface area contributed by atoms with Crippen molar-refractivity contribution in [3.05, 3.63) is 65.7 Å². The van der Waals surface area contributed by atoms with Gasteiger partial charge >= 0.3 is 0 Å². The summed E-state index contributed by atoms with van der Waals surface area (Å²) >= 11 is 1.28. The fourth-order valence-electron chi connectivity index (χ4n) is 1.51. The minimum atomic E-state index is -0.0261. The van der Waals surface area contributed by atoms with Crippen LogP contribution in [0.15, 0.2) is 54.6 Å². The van der Waals surface area contributed by atoms with Crippen LogP contribution in [-0.2, 0) is 5.75 Å². The van der Waals surface area contributed by atoms with Gasteiger partial charge in [-0.25, -0.2) is 0 Å². The van der Waals surface area contributed by atoms with Gasteiger partial charge in [0.15, 0.2) is 0 Å². The molecule has 0 fully saturated rings. The average Bonchev–Trinajstić information content (AvgIpc) is 2.39.